The van der Waals surface area contributed by atoms with Crippen LogP contribution in [0, 0.1) is 20.8 Å². The van der Waals surface area contributed by atoms with E-state index in [1.807, 2.05) is 31.5 Å². The van der Waals surface area contributed by atoms with Gasteiger partial charge >= 0.3 is 0 Å². The van der Waals surface area contributed by atoms with Crippen LogP contribution in [0.4, 0.5) is 5.69 Å². The average molecular weight is 622 g/mol. The molecule has 0 saturated carbocycles. The maximum Gasteiger partial charge on any atom is 0.251 e. The van der Waals surface area contributed by atoms with Crippen molar-refractivity contribution in [3.8, 4) is 5.75 Å². The molecule has 1 aliphatic heterocycles. The molecule has 0 bridgehead atoms. The molecule has 0 radical (unpaired) electrons. The molecule has 2 heterocycles. The quantitative estimate of drug-likeness (QED) is 0.306. The maximum atomic E-state index is 13.2. The van der Waals surface area contributed by atoms with Gasteiger partial charge in [-0.05, 0) is 106 Å². The van der Waals surface area contributed by atoms with E-state index in [2.05, 4.69) is 52.1 Å². The molecule has 1 fully saturated rings. The highest BCUT2D eigenvalue weighted by molar-refractivity contribution is 7.89. The average Bonchev–Trinajstić information content (AvgIpc) is 3.00. The van der Waals surface area contributed by atoms with Crippen LogP contribution in [0.1, 0.15) is 58.8 Å². The fraction of sp³-hybridized carbons (Fsp3) is 0.471. The number of sulfonamides is 1. The van der Waals surface area contributed by atoms with Gasteiger partial charge in [-0.15, -0.1) is 0 Å². The number of hydrogen-bond acceptors (Lipinski definition) is 7. The highest BCUT2D eigenvalue weighted by Crippen LogP contribution is 2.29. The fourth-order valence-corrected chi connectivity index (χ4v) is 7.13. The molecule has 1 N–H and O–H groups in total. The van der Waals surface area contributed by atoms with Gasteiger partial charge < -0.3 is 19.9 Å². The summed E-state index contributed by atoms with van der Waals surface area (Å²) < 4.78 is 32.1. The van der Waals surface area contributed by atoms with Crippen LogP contribution in [0.3, 0.4) is 0 Å². The van der Waals surface area contributed by atoms with Crippen molar-refractivity contribution in [1.82, 2.24) is 19.5 Å². The summed E-state index contributed by atoms with van der Waals surface area (Å²) in [7, 11) is 1.03. The Morgan fingerprint density at radius 1 is 1.05 bits per heavy atom. The van der Waals surface area contributed by atoms with Gasteiger partial charge in [-0.2, -0.15) is 0 Å². The molecule has 9 nitrogen and oxygen atoms in total. The zero-order valence-corrected chi connectivity index (χ0v) is 27.9. The lowest BCUT2D eigenvalue weighted by atomic mass is 9.98. The van der Waals surface area contributed by atoms with E-state index in [1.54, 1.807) is 26.2 Å². The van der Waals surface area contributed by atoms with Crippen molar-refractivity contribution in [2.24, 2.45) is 0 Å². The summed E-state index contributed by atoms with van der Waals surface area (Å²) in [5.74, 6) is 0.612. The van der Waals surface area contributed by atoms with E-state index in [0.29, 0.717) is 29.8 Å². The molecule has 238 valence electrons. The minimum absolute atomic E-state index is 0.164. The van der Waals surface area contributed by atoms with Crippen molar-refractivity contribution in [2.75, 3.05) is 45.7 Å². The zero-order valence-electron chi connectivity index (χ0n) is 27.1. The maximum absolute atomic E-state index is 13.2. The van der Waals surface area contributed by atoms with Crippen molar-refractivity contribution < 1.29 is 17.9 Å². The third-order valence-electron chi connectivity index (χ3n) is 8.91. The molecular weight excluding hydrogens is 574 g/mol. The second kappa shape index (κ2) is 14.5. The van der Waals surface area contributed by atoms with Crippen LogP contribution in [0.15, 0.2) is 59.8 Å². The first kappa shape index (κ1) is 33.4. The van der Waals surface area contributed by atoms with Crippen molar-refractivity contribution in [2.45, 2.75) is 70.5 Å². The predicted octanol–water partition coefficient (Wildman–Crippen LogP) is 4.95. The number of anilines is 1. The number of carbonyl (C=O) groups is 1. The second-order valence-corrected chi connectivity index (χ2v) is 14.1. The van der Waals surface area contributed by atoms with E-state index >= 15 is 0 Å². The normalized spacial score (nSPS) is 15.3. The number of piperidine rings is 1. The van der Waals surface area contributed by atoms with Crippen LogP contribution < -0.4 is 15.0 Å². The van der Waals surface area contributed by atoms with Gasteiger partial charge in [0.2, 0.25) is 10.0 Å². The van der Waals surface area contributed by atoms with Gasteiger partial charge in [0.1, 0.15) is 5.75 Å². The summed E-state index contributed by atoms with van der Waals surface area (Å²) in [4.78, 5) is 22.8. The highest BCUT2D eigenvalue weighted by Gasteiger charge is 2.28. The van der Waals surface area contributed by atoms with Gasteiger partial charge in [0.25, 0.3) is 5.91 Å². The molecule has 1 atom stereocenters. The van der Waals surface area contributed by atoms with Crippen LogP contribution in [0.25, 0.3) is 0 Å². The van der Waals surface area contributed by atoms with E-state index in [4.69, 9.17) is 4.74 Å². The predicted molar refractivity (Wildman–Crippen MR) is 176 cm³/mol. The van der Waals surface area contributed by atoms with Gasteiger partial charge in [-0.25, -0.2) is 12.7 Å². The van der Waals surface area contributed by atoms with Crippen LogP contribution in [-0.4, -0.2) is 81.4 Å². The van der Waals surface area contributed by atoms with Gasteiger partial charge in [0, 0.05) is 76.0 Å². The number of ether oxygens (including phenoxy) is 1. The third kappa shape index (κ3) is 7.60. The number of amides is 1. The van der Waals surface area contributed by atoms with Gasteiger partial charge in [0.15, 0.2) is 0 Å². The minimum Gasteiger partial charge on any atom is -0.497 e. The first-order chi connectivity index (χ1) is 20.9. The molecule has 1 saturated heterocycles. The number of nitrogens with one attached hydrogen (secondary N) is 1. The minimum atomic E-state index is -3.65. The van der Waals surface area contributed by atoms with E-state index in [1.165, 1.54) is 35.2 Å². The molecule has 2 aromatic carbocycles. The second-order valence-electron chi connectivity index (χ2n) is 12.0. The standard InChI is InChI=1S/C34H47N5O4S/c1-24-14-18-35-22-28(24)23-39(29-9-11-31(43-7)12-10-29)30-16-20-38(21-17-30)26(3)15-19-36-34(40)33-25(2)8-13-32(27(33)4)44(41,42)37(5)6/h8-14,18,22,26,30H,15-17,19-21,23H2,1-7H3,(H,36,40). The molecule has 3 aromatic rings. The Kier molecular flexibility index (Phi) is 11.0. The monoisotopic (exact) mass is 621 g/mol. The molecule has 10 heteroatoms. The summed E-state index contributed by atoms with van der Waals surface area (Å²) >= 11 is 0. The van der Waals surface area contributed by atoms with E-state index in [-0.39, 0.29) is 10.8 Å². The summed E-state index contributed by atoms with van der Waals surface area (Å²) in [6, 6.07) is 14.3. The largest absolute Gasteiger partial charge is 0.497 e. The van der Waals surface area contributed by atoms with E-state index in [9.17, 15) is 13.2 Å². The van der Waals surface area contributed by atoms with Gasteiger partial charge in [0.05, 0.1) is 12.0 Å². The number of pyridine rings is 1. The topological polar surface area (TPSA) is 95.1 Å². The molecular formula is C34H47N5O4S. The summed E-state index contributed by atoms with van der Waals surface area (Å²) in [6.07, 6.45) is 6.69. The lowest BCUT2D eigenvalue weighted by Crippen LogP contribution is -2.48. The molecule has 1 aromatic heterocycles. The van der Waals surface area contributed by atoms with Crippen molar-refractivity contribution in [1.29, 1.82) is 0 Å². The number of likely N-dealkylation sites (tertiary alicyclic amines) is 1. The summed E-state index contributed by atoms with van der Waals surface area (Å²) in [5.41, 5.74) is 5.32. The van der Waals surface area contributed by atoms with Gasteiger partial charge in [-0.1, -0.05) is 6.07 Å². The Morgan fingerprint density at radius 2 is 1.73 bits per heavy atom. The molecule has 4 rings (SSSR count). The van der Waals surface area contributed by atoms with Crippen molar-refractivity contribution in [3.63, 3.8) is 0 Å². The Bertz CT molecular complexity index is 1530. The van der Waals surface area contributed by atoms with Crippen LogP contribution in [-0.2, 0) is 16.6 Å². The lowest BCUT2D eigenvalue weighted by Gasteiger charge is -2.42. The van der Waals surface area contributed by atoms with E-state index < -0.39 is 10.0 Å². The number of benzene rings is 2. The first-order valence-electron chi connectivity index (χ1n) is 15.3. The molecule has 1 aliphatic rings. The first-order valence-corrected chi connectivity index (χ1v) is 16.7. The molecule has 44 heavy (non-hydrogen) atoms. The number of aryl methyl sites for hydroxylation is 2. The molecule has 0 aliphatic carbocycles. The summed E-state index contributed by atoms with van der Waals surface area (Å²) in [6.45, 7) is 11.2. The Balaban J connectivity index is 1.36. The Morgan fingerprint density at radius 3 is 2.34 bits per heavy atom. The zero-order chi connectivity index (χ0) is 32.0. The van der Waals surface area contributed by atoms with Crippen LogP contribution >= 0.6 is 0 Å². The molecule has 1 unspecified atom stereocenters. The number of nitrogens with zero attached hydrogens (tertiary/aromatic N) is 4. The molecule has 1 amide bonds. The van der Waals surface area contributed by atoms with Crippen molar-refractivity contribution in [3.05, 3.63) is 82.7 Å². The van der Waals surface area contributed by atoms with Crippen LogP contribution in [0.5, 0.6) is 5.75 Å². The molecule has 0 spiro atoms. The number of methoxy groups -OCH3 is 1. The number of aromatic nitrogens is 1. The number of carbonyl (C=O) groups excluding carboxylic acids is 1. The van der Waals surface area contributed by atoms with Gasteiger partial charge in [-0.3, -0.25) is 9.78 Å². The number of hydrogen-bond donors (Lipinski definition) is 1. The lowest BCUT2D eigenvalue weighted by molar-refractivity contribution is 0.0943. The van der Waals surface area contributed by atoms with E-state index in [0.717, 1.165) is 50.2 Å². The highest BCUT2D eigenvalue weighted by atomic mass is 32.2. The third-order valence-corrected chi connectivity index (χ3v) is 10.9. The SMILES string of the molecule is COc1ccc(N(Cc2cnccc2C)C2CCN(C(C)CCNC(=O)c3c(C)ccc(S(=O)(=O)N(C)C)c3C)CC2)cc1. The van der Waals surface area contributed by atoms with Crippen molar-refractivity contribution >= 4 is 21.6 Å². The summed E-state index contributed by atoms with van der Waals surface area (Å²) in [5, 5.41) is 3.05. The Labute approximate surface area is 263 Å². The number of rotatable bonds is 12. The Hall–Kier alpha value is -3.47. The fourth-order valence-electron chi connectivity index (χ4n) is 6.01. The smallest absolute Gasteiger partial charge is 0.251 e. The van der Waals surface area contributed by atoms with Crippen LogP contribution in [0.2, 0.25) is 0 Å².